The van der Waals surface area contributed by atoms with Gasteiger partial charge in [0.05, 0.1) is 6.20 Å². The molecule has 0 radical (unpaired) electrons. The molecule has 0 aliphatic heterocycles. The topological polar surface area (TPSA) is 55.9 Å². The van der Waals surface area contributed by atoms with Crippen LogP contribution in [0.4, 0.5) is 5.69 Å². The largest absolute Gasteiger partial charge is 0.389 e. The number of hydrogen-bond donors (Lipinski definition) is 2. The van der Waals surface area contributed by atoms with Crippen molar-refractivity contribution < 1.29 is 0 Å². The smallest absolute Gasteiger partial charge is 0.106 e. The number of benzene rings is 1. The van der Waals surface area contributed by atoms with Crippen LogP contribution < -0.4 is 11.1 Å². The van der Waals surface area contributed by atoms with Crippen LogP contribution in [-0.2, 0) is 13.6 Å². The van der Waals surface area contributed by atoms with Gasteiger partial charge in [-0.15, -0.1) is 0 Å². The van der Waals surface area contributed by atoms with E-state index in [0.29, 0.717) is 16.6 Å². The van der Waals surface area contributed by atoms with Crippen molar-refractivity contribution in [3.05, 3.63) is 46.2 Å². The third-order valence-electron chi connectivity index (χ3n) is 3.05. The fourth-order valence-electron chi connectivity index (χ4n) is 1.79. The molecule has 0 atom stereocenters. The molecule has 1 aromatic heterocycles. The Labute approximate surface area is 122 Å². The SMILES string of the molecule is Cc1c(CNc2cc(Cl)ccc2C(N)=S)cnn1C. The number of thiocarbonyl (C=S) groups is 1. The van der Waals surface area contributed by atoms with E-state index in [1.165, 1.54) is 0 Å². The number of rotatable bonds is 4. The summed E-state index contributed by atoms with van der Waals surface area (Å²) < 4.78 is 1.84. The van der Waals surface area contributed by atoms with Gasteiger partial charge in [0.15, 0.2) is 0 Å². The summed E-state index contributed by atoms with van der Waals surface area (Å²) in [4.78, 5) is 0.349. The molecule has 0 spiro atoms. The molecule has 0 saturated carbocycles. The van der Waals surface area contributed by atoms with Gasteiger partial charge in [-0.3, -0.25) is 4.68 Å². The fraction of sp³-hybridized carbons (Fsp3) is 0.231. The quantitative estimate of drug-likeness (QED) is 0.851. The van der Waals surface area contributed by atoms with Gasteiger partial charge in [0.2, 0.25) is 0 Å². The molecule has 0 unspecified atom stereocenters. The second-order valence-corrected chi connectivity index (χ2v) is 5.16. The van der Waals surface area contributed by atoms with Crippen LogP contribution >= 0.6 is 23.8 Å². The predicted molar refractivity (Wildman–Crippen MR) is 82.6 cm³/mol. The van der Waals surface area contributed by atoms with Crippen molar-refractivity contribution in [3.8, 4) is 0 Å². The van der Waals surface area contributed by atoms with Gasteiger partial charge in [0.25, 0.3) is 0 Å². The fourth-order valence-corrected chi connectivity index (χ4v) is 2.14. The summed E-state index contributed by atoms with van der Waals surface area (Å²) in [5.74, 6) is 0. The lowest BCUT2D eigenvalue weighted by Gasteiger charge is -2.11. The standard InChI is InChI=1S/C13H15ClN4S/c1-8-9(7-17-18(8)2)6-16-12-5-10(14)3-4-11(12)13(15)19/h3-5,7,16H,6H2,1-2H3,(H2,15,19). The molecule has 2 aromatic rings. The van der Waals surface area contributed by atoms with E-state index < -0.39 is 0 Å². The van der Waals surface area contributed by atoms with Crippen molar-refractivity contribution in [3.63, 3.8) is 0 Å². The van der Waals surface area contributed by atoms with E-state index in [4.69, 9.17) is 29.6 Å². The van der Waals surface area contributed by atoms with E-state index in [1.54, 1.807) is 6.07 Å². The Hall–Kier alpha value is -1.59. The number of anilines is 1. The Balaban J connectivity index is 2.21. The van der Waals surface area contributed by atoms with Crippen LogP contribution in [0.2, 0.25) is 5.02 Å². The summed E-state index contributed by atoms with van der Waals surface area (Å²) in [5, 5.41) is 8.15. The minimum absolute atomic E-state index is 0.349. The van der Waals surface area contributed by atoms with E-state index >= 15 is 0 Å². The maximum atomic E-state index is 6.00. The molecule has 0 fully saturated rings. The number of nitrogens with two attached hydrogens (primary N) is 1. The molecule has 2 rings (SSSR count). The molecule has 0 saturated heterocycles. The Morgan fingerprint density at radius 1 is 1.53 bits per heavy atom. The van der Waals surface area contributed by atoms with E-state index in [2.05, 4.69) is 10.4 Å². The molecule has 1 heterocycles. The van der Waals surface area contributed by atoms with E-state index in [9.17, 15) is 0 Å². The van der Waals surface area contributed by atoms with Crippen LogP contribution in [0, 0.1) is 6.92 Å². The highest BCUT2D eigenvalue weighted by Gasteiger charge is 2.08. The summed E-state index contributed by atoms with van der Waals surface area (Å²) in [7, 11) is 1.92. The lowest BCUT2D eigenvalue weighted by atomic mass is 10.1. The molecule has 0 aliphatic carbocycles. The highest BCUT2D eigenvalue weighted by Crippen LogP contribution is 2.22. The first-order valence-electron chi connectivity index (χ1n) is 5.79. The Morgan fingerprint density at radius 2 is 2.26 bits per heavy atom. The predicted octanol–water partition coefficient (Wildman–Crippen LogP) is 2.63. The molecule has 4 nitrogen and oxygen atoms in total. The van der Waals surface area contributed by atoms with E-state index in [0.717, 1.165) is 22.5 Å². The van der Waals surface area contributed by atoms with Crippen molar-refractivity contribution in [2.24, 2.45) is 12.8 Å². The zero-order chi connectivity index (χ0) is 14.0. The van der Waals surface area contributed by atoms with Gasteiger partial charge in [-0.2, -0.15) is 5.10 Å². The van der Waals surface area contributed by atoms with E-state index in [-0.39, 0.29) is 0 Å². The van der Waals surface area contributed by atoms with Crippen LogP contribution in [-0.4, -0.2) is 14.8 Å². The number of aryl methyl sites for hydroxylation is 1. The Kier molecular flexibility index (Phi) is 4.07. The molecular formula is C13H15ClN4S. The molecule has 1 aromatic carbocycles. The average Bonchev–Trinajstić information content (AvgIpc) is 2.67. The second kappa shape index (κ2) is 5.59. The van der Waals surface area contributed by atoms with Gasteiger partial charge >= 0.3 is 0 Å². The third kappa shape index (κ3) is 3.05. The second-order valence-electron chi connectivity index (χ2n) is 4.29. The number of halogens is 1. The number of nitrogens with one attached hydrogen (secondary N) is 1. The molecule has 19 heavy (non-hydrogen) atoms. The maximum Gasteiger partial charge on any atom is 0.106 e. The van der Waals surface area contributed by atoms with E-state index in [1.807, 2.05) is 37.0 Å². The van der Waals surface area contributed by atoms with Crippen molar-refractivity contribution in [1.82, 2.24) is 9.78 Å². The van der Waals surface area contributed by atoms with Crippen LogP contribution in [0.3, 0.4) is 0 Å². The number of aromatic nitrogens is 2. The Bertz CT molecular complexity index is 621. The van der Waals surface area contributed by atoms with Gasteiger partial charge in [-0.05, 0) is 25.1 Å². The highest BCUT2D eigenvalue weighted by atomic mass is 35.5. The summed E-state index contributed by atoms with van der Waals surface area (Å²) in [6.45, 7) is 2.67. The summed E-state index contributed by atoms with van der Waals surface area (Å²) in [5.41, 5.74) is 9.57. The minimum Gasteiger partial charge on any atom is -0.389 e. The van der Waals surface area contributed by atoms with Gasteiger partial charge in [-0.1, -0.05) is 23.8 Å². The molecular weight excluding hydrogens is 280 g/mol. The summed E-state index contributed by atoms with van der Waals surface area (Å²) in [6, 6.07) is 5.42. The van der Waals surface area contributed by atoms with Crippen molar-refractivity contribution in [1.29, 1.82) is 0 Å². The van der Waals surface area contributed by atoms with Crippen molar-refractivity contribution in [2.45, 2.75) is 13.5 Å². The Morgan fingerprint density at radius 3 is 2.84 bits per heavy atom. The van der Waals surface area contributed by atoms with Gasteiger partial charge in [-0.25, -0.2) is 0 Å². The lowest BCUT2D eigenvalue weighted by Crippen LogP contribution is -2.13. The first-order chi connectivity index (χ1) is 8.99. The number of nitrogens with zero attached hydrogens (tertiary/aromatic N) is 2. The maximum absolute atomic E-state index is 6.00. The molecule has 3 N–H and O–H groups in total. The number of hydrogen-bond acceptors (Lipinski definition) is 3. The first kappa shape index (κ1) is 13.8. The molecule has 100 valence electrons. The van der Waals surface area contributed by atoms with Gasteiger partial charge in [0.1, 0.15) is 4.99 Å². The van der Waals surface area contributed by atoms with Crippen molar-refractivity contribution >= 4 is 34.5 Å². The summed E-state index contributed by atoms with van der Waals surface area (Å²) in [6.07, 6.45) is 1.84. The summed E-state index contributed by atoms with van der Waals surface area (Å²) >= 11 is 11.0. The highest BCUT2D eigenvalue weighted by molar-refractivity contribution is 7.80. The minimum atomic E-state index is 0.349. The normalized spacial score (nSPS) is 10.5. The molecule has 0 amide bonds. The zero-order valence-corrected chi connectivity index (χ0v) is 12.3. The third-order valence-corrected chi connectivity index (χ3v) is 3.51. The molecule has 0 aliphatic rings. The van der Waals surface area contributed by atoms with Crippen LogP contribution in [0.25, 0.3) is 0 Å². The molecule has 0 bridgehead atoms. The van der Waals surface area contributed by atoms with Gasteiger partial charge in [0, 0.05) is 41.1 Å². The first-order valence-corrected chi connectivity index (χ1v) is 6.58. The molecule has 6 heteroatoms. The zero-order valence-electron chi connectivity index (χ0n) is 10.8. The average molecular weight is 295 g/mol. The van der Waals surface area contributed by atoms with Gasteiger partial charge < -0.3 is 11.1 Å². The lowest BCUT2D eigenvalue weighted by molar-refractivity contribution is 0.738. The van der Waals surface area contributed by atoms with Crippen molar-refractivity contribution in [2.75, 3.05) is 5.32 Å². The van der Waals surface area contributed by atoms with Crippen LogP contribution in [0.5, 0.6) is 0 Å². The van der Waals surface area contributed by atoms with Crippen LogP contribution in [0.1, 0.15) is 16.8 Å². The van der Waals surface area contributed by atoms with Crippen LogP contribution in [0.15, 0.2) is 24.4 Å². The monoisotopic (exact) mass is 294 g/mol.